The van der Waals surface area contributed by atoms with E-state index in [0.29, 0.717) is 13.0 Å². The highest BCUT2D eigenvalue weighted by molar-refractivity contribution is 5.81. The highest BCUT2D eigenvalue weighted by atomic mass is 16.5. The lowest BCUT2D eigenvalue weighted by Crippen LogP contribution is -2.42. The molecule has 1 rings (SSSR count). The van der Waals surface area contributed by atoms with Crippen LogP contribution in [0.25, 0.3) is 0 Å². The summed E-state index contributed by atoms with van der Waals surface area (Å²) in [6.45, 7) is 2.18. The normalized spacial score (nSPS) is 23.1. The van der Waals surface area contributed by atoms with Gasteiger partial charge >= 0.3 is 0 Å². The summed E-state index contributed by atoms with van der Waals surface area (Å²) in [6, 6.07) is 0.166. The zero-order chi connectivity index (χ0) is 8.81. The summed E-state index contributed by atoms with van der Waals surface area (Å²) in [5.74, 6) is 2.45. The Balaban J connectivity index is 2.21. The van der Waals surface area contributed by atoms with Gasteiger partial charge in [-0.25, -0.2) is 0 Å². The molecule has 1 heterocycles. The van der Waals surface area contributed by atoms with E-state index in [2.05, 4.69) is 11.2 Å². The Morgan fingerprint density at radius 1 is 1.75 bits per heavy atom. The Morgan fingerprint density at radius 3 is 3.17 bits per heavy atom. The Hall–Kier alpha value is -0.850. The monoisotopic (exact) mass is 167 g/mol. The van der Waals surface area contributed by atoms with E-state index in [0.717, 1.165) is 13.2 Å². The minimum absolute atomic E-state index is 0.112. The number of carbonyl (C=O) groups excluding carboxylic acids is 1. The Kier molecular flexibility index (Phi) is 3.78. The van der Waals surface area contributed by atoms with Crippen molar-refractivity contribution < 1.29 is 9.53 Å². The second kappa shape index (κ2) is 4.91. The van der Waals surface area contributed by atoms with E-state index in [1.807, 2.05) is 0 Å². The maximum atomic E-state index is 11.1. The second-order valence-electron chi connectivity index (χ2n) is 2.85. The zero-order valence-electron chi connectivity index (χ0n) is 7.01. The molecule has 3 nitrogen and oxygen atoms in total. The third-order valence-corrected chi connectivity index (χ3v) is 1.77. The van der Waals surface area contributed by atoms with Gasteiger partial charge in [0.05, 0.1) is 19.6 Å². The smallest absolute Gasteiger partial charge is 0.146 e. The molecule has 1 atom stereocenters. The third-order valence-electron chi connectivity index (χ3n) is 1.77. The number of hydrogen-bond donors (Lipinski definition) is 1. The maximum Gasteiger partial charge on any atom is 0.146 e. The first kappa shape index (κ1) is 9.24. The van der Waals surface area contributed by atoms with Crippen molar-refractivity contribution in [1.29, 1.82) is 0 Å². The van der Waals surface area contributed by atoms with Crippen molar-refractivity contribution in [1.82, 2.24) is 5.32 Å². The van der Waals surface area contributed by atoms with Gasteiger partial charge in [-0.1, -0.05) is 5.92 Å². The van der Waals surface area contributed by atoms with E-state index in [-0.39, 0.29) is 18.2 Å². The first-order valence-corrected chi connectivity index (χ1v) is 4.09. The number of hydrogen-bond acceptors (Lipinski definition) is 3. The molecule has 1 N–H and O–H groups in total. The molecule has 0 radical (unpaired) electrons. The predicted octanol–water partition coefficient (Wildman–Crippen LogP) is -0.0427. The van der Waals surface area contributed by atoms with Gasteiger partial charge in [0, 0.05) is 19.0 Å². The average Bonchev–Trinajstić information content (AvgIpc) is 2.06. The summed E-state index contributed by atoms with van der Waals surface area (Å²) in [4.78, 5) is 11.1. The van der Waals surface area contributed by atoms with Crippen molar-refractivity contribution in [3.05, 3.63) is 0 Å². The maximum absolute atomic E-state index is 11.1. The molecule has 0 aromatic carbocycles. The van der Waals surface area contributed by atoms with Crippen LogP contribution in [0.15, 0.2) is 0 Å². The SMILES string of the molecule is C#CCC(=O)CC1COCCN1. The zero-order valence-corrected chi connectivity index (χ0v) is 7.01. The predicted molar refractivity (Wildman–Crippen MR) is 45.7 cm³/mol. The Morgan fingerprint density at radius 2 is 2.58 bits per heavy atom. The van der Waals surface area contributed by atoms with Gasteiger partial charge < -0.3 is 10.1 Å². The van der Waals surface area contributed by atoms with E-state index >= 15 is 0 Å². The molecule has 1 saturated heterocycles. The molecule has 0 saturated carbocycles. The van der Waals surface area contributed by atoms with Crippen LogP contribution in [0.5, 0.6) is 0 Å². The average molecular weight is 167 g/mol. The van der Waals surface area contributed by atoms with Crippen LogP contribution in [0.3, 0.4) is 0 Å². The number of rotatable bonds is 3. The number of nitrogens with one attached hydrogen (secondary N) is 1. The number of ether oxygens (including phenoxy) is 1. The number of carbonyl (C=O) groups is 1. The summed E-state index contributed by atoms with van der Waals surface area (Å²) in [5, 5.41) is 3.19. The summed E-state index contributed by atoms with van der Waals surface area (Å²) in [7, 11) is 0. The summed E-state index contributed by atoms with van der Waals surface area (Å²) in [5.41, 5.74) is 0. The molecule has 3 heteroatoms. The van der Waals surface area contributed by atoms with Crippen molar-refractivity contribution in [3.8, 4) is 12.3 Å². The Labute approximate surface area is 72.5 Å². The summed E-state index contributed by atoms with van der Waals surface area (Å²) < 4.78 is 5.19. The highest BCUT2D eigenvalue weighted by Crippen LogP contribution is 2.00. The van der Waals surface area contributed by atoms with E-state index in [1.165, 1.54) is 0 Å². The van der Waals surface area contributed by atoms with Crippen LogP contribution in [0.1, 0.15) is 12.8 Å². The molecule has 66 valence electrons. The summed E-state index contributed by atoms with van der Waals surface area (Å²) >= 11 is 0. The van der Waals surface area contributed by atoms with Crippen molar-refractivity contribution in [2.24, 2.45) is 0 Å². The largest absolute Gasteiger partial charge is 0.379 e. The van der Waals surface area contributed by atoms with Gasteiger partial charge in [0.25, 0.3) is 0 Å². The van der Waals surface area contributed by atoms with Gasteiger partial charge in [0.1, 0.15) is 5.78 Å². The second-order valence-corrected chi connectivity index (χ2v) is 2.85. The van der Waals surface area contributed by atoms with Crippen LogP contribution in [-0.2, 0) is 9.53 Å². The number of morpholine rings is 1. The van der Waals surface area contributed by atoms with E-state index in [9.17, 15) is 4.79 Å². The fourth-order valence-corrected chi connectivity index (χ4v) is 1.21. The van der Waals surface area contributed by atoms with Gasteiger partial charge in [-0.3, -0.25) is 4.79 Å². The van der Waals surface area contributed by atoms with Gasteiger partial charge in [0.2, 0.25) is 0 Å². The number of Topliss-reactive ketones (excluding diaryl/α,β-unsaturated/α-hetero) is 1. The third kappa shape index (κ3) is 3.04. The topological polar surface area (TPSA) is 38.3 Å². The minimum Gasteiger partial charge on any atom is -0.379 e. The van der Waals surface area contributed by atoms with E-state index in [4.69, 9.17) is 11.2 Å². The lowest BCUT2D eigenvalue weighted by molar-refractivity contribution is -0.119. The Bertz CT molecular complexity index is 189. The molecule has 0 bridgehead atoms. The molecule has 0 amide bonds. The molecule has 0 aromatic rings. The fourth-order valence-electron chi connectivity index (χ4n) is 1.21. The first-order chi connectivity index (χ1) is 5.83. The molecule has 12 heavy (non-hydrogen) atoms. The highest BCUT2D eigenvalue weighted by Gasteiger charge is 2.15. The van der Waals surface area contributed by atoms with Crippen LogP contribution in [0.2, 0.25) is 0 Å². The summed E-state index contributed by atoms with van der Waals surface area (Å²) in [6.07, 6.45) is 5.74. The van der Waals surface area contributed by atoms with Crippen molar-refractivity contribution in [3.63, 3.8) is 0 Å². The van der Waals surface area contributed by atoms with Crippen molar-refractivity contribution in [2.75, 3.05) is 19.8 Å². The van der Waals surface area contributed by atoms with Crippen molar-refractivity contribution >= 4 is 5.78 Å². The lowest BCUT2D eigenvalue weighted by Gasteiger charge is -2.22. The molecule has 0 aliphatic carbocycles. The van der Waals surface area contributed by atoms with Crippen LogP contribution in [0.4, 0.5) is 0 Å². The molecule has 0 aromatic heterocycles. The molecule has 0 spiro atoms. The quantitative estimate of drug-likeness (QED) is 0.599. The van der Waals surface area contributed by atoms with Crippen LogP contribution in [-0.4, -0.2) is 31.6 Å². The lowest BCUT2D eigenvalue weighted by atomic mass is 10.1. The molecule has 1 unspecified atom stereocenters. The van der Waals surface area contributed by atoms with Gasteiger partial charge in [0.15, 0.2) is 0 Å². The van der Waals surface area contributed by atoms with Crippen molar-refractivity contribution in [2.45, 2.75) is 18.9 Å². The van der Waals surface area contributed by atoms with Gasteiger partial charge in [-0.2, -0.15) is 0 Å². The number of terminal acetylenes is 1. The number of ketones is 1. The molecule has 1 aliphatic heterocycles. The molecule has 1 fully saturated rings. The molecular formula is C9H13NO2. The standard InChI is InChI=1S/C9H13NO2/c1-2-3-9(11)6-8-7-12-5-4-10-8/h1,8,10H,3-7H2. The van der Waals surface area contributed by atoms with Gasteiger partial charge in [-0.15, -0.1) is 6.42 Å². The van der Waals surface area contributed by atoms with E-state index in [1.54, 1.807) is 0 Å². The van der Waals surface area contributed by atoms with Crippen LogP contribution >= 0.6 is 0 Å². The molecular weight excluding hydrogens is 154 g/mol. The first-order valence-electron chi connectivity index (χ1n) is 4.09. The van der Waals surface area contributed by atoms with Crippen LogP contribution < -0.4 is 5.32 Å². The molecule has 1 aliphatic rings. The fraction of sp³-hybridized carbons (Fsp3) is 0.667. The van der Waals surface area contributed by atoms with Gasteiger partial charge in [-0.05, 0) is 0 Å². The van der Waals surface area contributed by atoms with Crippen LogP contribution in [0, 0.1) is 12.3 Å². The van der Waals surface area contributed by atoms with E-state index < -0.39 is 0 Å². The minimum atomic E-state index is 0.112.